The van der Waals surface area contributed by atoms with Crippen LogP contribution in [-0.4, -0.2) is 35.6 Å². The van der Waals surface area contributed by atoms with Gasteiger partial charge in [-0.3, -0.25) is 4.98 Å². The number of fused-ring (bicyclic) bond motifs is 2. The quantitative estimate of drug-likeness (QED) is 0.165. The summed E-state index contributed by atoms with van der Waals surface area (Å²) in [6, 6.07) is 7.49. The molecule has 0 unspecified atom stereocenters. The molecule has 11 nitrogen and oxygen atoms in total. The Morgan fingerprint density at radius 2 is 1.14 bits per heavy atom. The summed E-state index contributed by atoms with van der Waals surface area (Å²) in [4.78, 5) is 30.1. The van der Waals surface area contributed by atoms with Gasteiger partial charge in [-0.1, -0.05) is 6.07 Å². The summed E-state index contributed by atoms with van der Waals surface area (Å²) < 4.78 is 10.4. The zero-order chi connectivity index (χ0) is 25.0. The van der Waals surface area contributed by atoms with Crippen molar-refractivity contribution >= 4 is 21.9 Å². The SMILES string of the molecule is O=c1oc2c(O)c(O)ccc2c(O)c1C(c1cccnc1)c1c(O)c2ccc(O)c(O)c2oc1=O. The Morgan fingerprint density at radius 3 is 1.57 bits per heavy atom. The molecule has 35 heavy (non-hydrogen) atoms. The van der Waals surface area contributed by atoms with Gasteiger partial charge >= 0.3 is 11.3 Å². The van der Waals surface area contributed by atoms with Crippen LogP contribution in [0.25, 0.3) is 21.9 Å². The van der Waals surface area contributed by atoms with Gasteiger partial charge in [-0.2, -0.15) is 0 Å². The molecular formula is C24H15NO10. The molecule has 0 fully saturated rings. The first-order valence-corrected chi connectivity index (χ1v) is 10.0. The van der Waals surface area contributed by atoms with Gasteiger partial charge in [0.25, 0.3) is 0 Å². The predicted octanol–water partition coefficient (Wildman–Crippen LogP) is 2.71. The highest BCUT2D eigenvalue weighted by molar-refractivity contribution is 5.92. The molecule has 0 atom stereocenters. The van der Waals surface area contributed by atoms with Crippen LogP contribution in [0.15, 0.2) is 67.2 Å². The molecule has 0 radical (unpaired) electrons. The van der Waals surface area contributed by atoms with Gasteiger partial charge in [-0.05, 0) is 35.9 Å². The van der Waals surface area contributed by atoms with E-state index in [0.717, 1.165) is 12.1 Å². The maximum atomic E-state index is 13.1. The smallest absolute Gasteiger partial charge is 0.344 e. The largest absolute Gasteiger partial charge is 0.507 e. The van der Waals surface area contributed by atoms with E-state index in [4.69, 9.17) is 8.83 Å². The number of hydrogen-bond acceptors (Lipinski definition) is 11. The van der Waals surface area contributed by atoms with Crippen LogP contribution in [0.2, 0.25) is 0 Å². The van der Waals surface area contributed by atoms with Crippen molar-refractivity contribution < 1.29 is 39.5 Å². The second-order valence-corrected chi connectivity index (χ2v) is 7.64. The Kier molecular flexibility index (Phi) is 4.76. The molecule has 0 bridgehead atoms. The van der Waals surface area contributed by atoms with Crippen LogP contribution >= 0.6 is 0 Å². The molecule has 0 aliphatic rings. The monoisotopic (exact) mass is 477 g/mol. The second-order valence-electron chi connectivity index (χ2n) is 7.64. The Morgan fingerprint density at radius 1 is 0.657 bits per heavy atom. The van der Waals surface area contributed by atoms with Crippen molar-refractivity contribution in [2.45, 2.75) is 5.92 Å². The zero-order valence-corrected chi connectivity index (χ0v) is 17.5. The van der Waals surface area contributed by atoms with Gasteiger partial charge in [0.15, 0.2) is 22.7 Å². The molecule has 0 spiro atoms. The maximum Gasteiger partial charge on any atom is 0.344 e. The van der Waals surface area contributed by atoms with E-state index in [1.807, 2.05) is 0 Å². The molecule has 0 aliphatic heterocycles. The van der Waals surface area contributed by atoms with Crippen molar-refractivity contribution in [2.75, 3.05) is 0 Å². The predicted molar refractivity (Wildman–Crippen MR) is 120 cm³/mol. The number of nitrogens with zero attached hydrogens (tertiary/aromatic N) is 1. The van der Waals surface area contributed by atoms with E-state index >= 15 is 0 Å². The fraction of sp³-hybridized carbons (Fsp3) is 0.0417. The highest BCUT2D eigenvalue weighted by Gasteiger charge is 2.33. The number of pyridine rings is 1. The van der Waals surface area contributed by atoms with E-state index in [-0.39, 0.29) is 16.3 Å². The number of aromatic nitrogens is 1. The van der Waals surface area contributed by atoms with Crippen LogP contribution in [0.1, 0.15) is 22.6 Å². The van der Waals surface area contributed by atoms with Crippen LogP contribution < -0.4 is 11.3 Å². The number of rotatable bonds is 3. The zero-order valence-electron chi connectivity index (χ0n) is 17.5. The third kappa shape index (κ3) is 3.17. The lowest BCUT2D eigenvalue weighted by molar-refractivity contribution is 0.392. The molecule has 176 valence electrons. The van der Waals surface area contributed by atoms with Crippen LogP contribution in [0.5, 0.6) is 34.5 Å². The molecule has 2 aromatic carbocycles. The summed E-state index contributed by atoms with van der Waals surface area (Å²) in [5, 5.41) is 61.4. The average Bonchev–Trinajstić information content (AvgIpc) is 2.84. The standard InChI is InChI=1S/C24H15NO10/c26-12-5-3-10-17(28)15(23(32)34-21(10)19(12)30)14(9-2-1-7-25-8-9)16-18(29)11-4-6-13(27)20(31)22(11)35-24(16)33/h1-8,14,26-31H. The number of phenols is 4. The number of aromatic hydroxyl groups is 6. The van der Waals surface area contributed by atoms with Crippen molar-refractivity contribution in [2.24, 2.45) is 0 Å². The van der Waals surface area contributed by atoms with Crippen molar-refractivity contribution in [3.05, 3.63) is 86.3 Å². The summed E-state index contributed by atoms with van der Waals surface area (Å²) in [6.07, 6.45) is 2.72. The minimum absolute atomic E-state index is 0.156. The van der Waals surface area contributed by atoms with E-state index in [1.165, 1.54) is 36.7 Å². The van der Waals surface area contributed by atoms with Gasteiger partial charge in [-0.25, -0.2) is 9.59 Å². The highest BCUT2D eigenvalue weighted by Crippen LogP contribution is 2.45. The number of phenolic OH excluding ortho intramolecular Hbond substituents is 4. The Balaban J connectivity index is 1.91. The van der Waals surface area contributed by atoms with Crippen LogP contribution in [0.4, 0.5) is 0 Å². The molecular weight excluding hydrogens is 462 g/mol. The lowest BCUT2D eigenvalue weighted by Gasteiger charge is -2.19. The summed E-state index contributed by atoms with van der Waals surface area (Å²) in [6.45, 7) is 0. The molecule has 6 N–H and O–H groups in total. The van der Waals surface area contributed by atoms with Crippen molar-refractivity contribution in [3.63, 3.8) is 0 Å². The first-order chi connectivity index (χ1) is 16.7. The first kappa shape index (κ1) is 21.6. The second kappa shape index (κ2) is 7.70. The van der Waals surface area contributed by atoms with Gasteiger partial charge in [0.05, 0.1) is 27.8 Å². The van der Waals surface area contributed by atoms with Gasteiger partial charge in [0.2, 0.25) is 11.5 Å². The molecule has 5 aromatic rings. The summed E-state index contributed by atoms with van der Waals surface area (Å²) in [5.41, 5.74) is -4.13. The normalized spacial score (nSPS) is 11.5. The van der Waals surface area contributed by atoms with Gasteiger partial charge < -0.3 is 39.5 Å². The van der Waals surface area contributed by atoms with Crippen molar-refractivity contribution in [1.29, 1.82) is 0 Å². The van der Waals surface area contributed by atoms with Crippen LogP contribution in [0, 0.1) is 0 Å². The van der Waals surface area contributed by atoms with E-state index in [1.54, 1.807) is 0 Å². The van der Waals surface area contributed by atoms with E-state index in [9.17, 15) is 40.2 Å². The van der Waals surface area contributed by atoms with Crippen LogP contribution in [0.3, 0.4) is 0 Å². The third-order valence-electron chi connectivity index (χ3n) is 5.67. The molecule has 0 saturated heterocycles. The molecule has 0 amide bonds. The van der Waals surface area contributed by atoms with E-state index < -0.39 is 74.0 Å². The fourth-order valence-corrected chi connectivity index (χ4v) is 4.01. The fourth-order valence-electron chi connectivity index (χ4n) is 4.01. The molecule has 0 saturated carbocycles. The van der Waals surface area contributed by atoms with Gasteiger partial charge in [0, 0.05) is 12.4 Å². The minimum atomic E-state index is -1.48. The Labute approximate surface area is 193 Å². The molecule has 5 rings (SSSR count). The lowest BCUT2D eigenvalue weighted by atomic mass is 9.85. The Bertz CT molecular complexity index is 1640. The average molecular weight is 477 g/mol. The third-order valence-corrected chi connectivity index (χ3v) is 5.67. The molecule has 0 aliphatic carbocycles. The van der Waals surface area contributed by atoms with Gasteiger partial charge in [-0.15, -0.1) is 0 Å². The molecule has 3 heterocycles. The number of benzene rings is 2. The number of hydrogen-bond donors (Lipinski definition) is 6. The highest BCUT2D eigenvalue weighted by atomic mass is 16.4. The van der Waals surface area contributed by atoms with E-state index in [2.05, 4.69) is 4.98 Å². The van der Waals surface area contributed by atoms with Crippen LogP contribution in [-0.2, 0) is 0 Å². The Hall–Kier alpha value is -5.19. The molecule has 3 aromatic heterocycles. The summed E-state index contributed by atoms with van der Waals surface area (Å²) >= 11 is 0. The maximum absolute atomic E-state index is 13.1. The first-order valence-electron chi connectivity index (χ1n) is 10.0. The van der Waals surface area contributed by atoms with E-state index in [0.29, 0.717) is 0 Å². The molecule has 11 heteroatoms. The minimum Gasteiger partial charge on any atom is -0.507 e. The lowest BCUT2D eigenvalue weighted by Crippen LogP contribution is -2.21. The summed E-state index contributed by atoms with van der Waals surface area (Å²) in [5.74, 6) is -5.58. The summed E-state index contributed by atoms with van der Waals surface area (Å²) in [7, 11) is 0. The van der Waals surface area contributed by atoms with Crippen molar-refractivity contribution in [3.8, 4) is 34.5 Å². The van der Waals surface area contributed by atoms with Gasteiger partial charge in [0.1, 0.15) is 11.5 Å². The van der Waals surface area contributed by atoms with Crippen molar-refractivity contribution in [1.82, 2.24) is 4.98 Å². The topological polar surface area (TPSA) is 195 Å².